The fraction of sp³-hybridized carbons (Fsp3) is 0.154. The highest BCUT2D eigenvalue weighted by Gasteiger charge is 2.15. The van der Waals surface area contributed by atoms with Gasteiger partial charge in [0.25, 0.3) is 5.91 Å². The van der Waals surface area contributed by atoms with Crippen LogP contribution in [-0.2, 0) is 6.54 Å². The monoisotopic (exact) mass is 248 g/mol. The molecule has 1 amide bonds. The van der Waals surface area contributed by atoms with Crippen molar-refractivity contribution in [3.63, 3.8) is 0 Å². The predicted octanol–water partition coefficient (Wildman–Crippen LogP) is 2.27. The molecule has 0 unspecified atom stereocenters. The van der Waals surface area contributed by atoms with Crippen LogP contribution >= 0.6 is 0 Å². The molecule has 0 spiro atoms. The predicted molar refractivity (Wildman–Crippen MR) is 65.3 cm³/mol. The van der Waals surface area contributed by atoms with Crippen molar-refractivity contribution in [3.8, 4) is 0 Å². The summed E-state index contributed by atoms with van der Waals surface area (Å²) in [5, 5.41) is 0. The molecule has 0 aliphatic carbocycles. The molecule has 0 radical (unpaired) electrons. The van der Waals surface area contributed by atoms with Gasteiger partial charge in [0.2, 0.25) is 0 Å². The van der Waals surface area contributed by atoms with Gasteiger partial charge in [-0.15, -0.1) is 0 Å². The highest BCUT2D eigenvalue weighted by Crippen LogP contribution is 2.16. The number of furan rings is 1. The topological polar surface area (TPSA) is 59.5 Å². The van der Waals surface area contributed by atoms with Gasteiger partial charge >= 0.3 is 0 Å². The highest BCUT2D eigenvalue weighted by molar-refractivity contribution is 5.98. The van der Waals surface area contributed by atoms with E-state index >= 15 is 0 Å². The Bertz CT molecular complexity index is 552. The first-order valence-electron chi connectivity index (χ1n) is 5.39. The van der Waals surface area contributed by atoms with E-state index in [2.05, 4.69) is 0 Å². The van der Waals surface area contributed by atoms with Crippen molar-refractivity contribution in [2.24, 2.45) is 0 Å². The highest BCUT2D eigenvalue weighted by atomic mass is 19.1. The van der Waals surface area contributed by atoms with Crippen LogP contribution in [0, 0.1) is 5.82 Å². The molecular formula is C13H13FN2O2. The van der Waals surface area contributed by atoms with E-state index in [1.807, 2.05) is 0 Å². The number of amides is 1. The van der Waals surface area contributed by atoms with E-state index < -0.39 is 5.82 Å². The molecule has 0 atom stereocenters. The number of hydrogen-bond donors (Lipinski definition) is 1. The minimum absolute atomic E-state index is 0.138. The van der Waals surface area contributed by atoms with Crippen molar-refractivity contribution >= 4 is 11.6 Å². The summed E-state index contributed by atoms with van der Waals surface area (Å²) in [4.78, 5) is 13.6. The van der Waals surface area contributed by atoms with Crippen molar-refractivity contribution in [1.82, 2.24) is 4.90 Å². The summed E-state index contributed by atoms with van der Waals surface area (Å²) in [5.41, 5.74) is 6.94. The number of nitrogens with zero attached hydrogens (tertiary/aromatic N) is 1. The number of anilines is 1. The minimum atomic E-state index is -0.457. The van der Waals surface area contributed by atoms with Gasteiger partial charge in [-0.05, 0) is 24.3 Å². The van der Waals surface area contributed by atoms with Gasteiger partial charge in [-0.3, -0.25) is 4.79 Å². The third kappa shape index (κ3) is 2.51. The van der Waals surface area contributed by atoms with Crippen LogP contribution in [-0.4, -0.2) is 17.9 Å². The zero-order valence-electron chi connectivity index (χ0n) is 9.89. The number of rotatable bonds is 3. The van der Waals surface area contributed by atoms with Gasteiger partial charge in [0.1, 0.15) is 5.82 Å². The zero-order chi connectivity index (χ0) is 13.1. The molecule has 94 valence electrons. The molecule has 0 aliphatic heterocycles. The van der Waals surface area contributed by atoms with Crippen molar-refractivity contribution < 1.29 is 13.6 Å². The minimum Gasteiger partial charge on any atom is -0.472 e. The molecule has 0 saturated heterocycles. The van der Waals surface area contributed by atoms with Crippen LogP contribution in [0.5, 0.6) is 0 Å². The van der Waals surface area contributed by atoms with Crippen LogP contribution in [0.4, 0.5) is 10.1 Å². The Labute approximate surface area is 104 Å². The molecule has 1 heterocycles. The summed E-state index contributed by atoms with van der Waals surface area (Å²) in [6.07, 6.45) is 3.11. The maximum atomic E-state index is 12.9. The van der Waals surface area contributed by atoms with Gasteiger partial charge in [-0.1, -0.05) is 0 Å². The Morgan fingerprint density at radius 2 is 2.22 bits per heavy atom. The summed E-state index contributed by atoms with van der Waals surface area (Å²) in [5.74, 6) is -0.713. The summed E-state index contributed by atoms with van der Waals surface area (Å²) in [7, 11) is 1.65. The average molecular weight is 248 g/mol. The number of halogens is 1. The Morgan fingerprint density at radius 3 is 2.83 bits per heavy atom. The SMILES string of the molecule is CN(Cc1ccoc1)C(=O)c1ccc(F)cc1N. The fourth-order valence-corrected chi connectivity index (χ4v) is 1.66. The number of carbonyl (C=O) groups is 1. The van der Waals surface area contributed by atoms with Crippen molar-refractivity contribution in [2.75, 3.05) is 12.8 Å². The van der Waals surface area contributed by atoms with Crippen LogP contribution in [0.3, 0.4) is 0 Å². The molecule has 5 heteroatoms. The molecule has 2 aromatic rings. The molecule has 1 aromatic carbocycles. The lowest BCUT2D eigenvalue weighted by Gasteiger charge is -2.17. The first kappa shape index (κ1) is 12.2. The summed E-state index contributed by atoms with van der Waals surface area (Å²) in [6.45, 7) is 0.409. The maximum absolute atomic E-state index is 12.9. The van der Waals surface area contributed by atoms with Gasteiger partial charge in [-0.2, -0.15) is 0 Å². The van der Waals surface area contributed by atoms with Crippen molar-refractivity contribution in [3.05, 3.63) is 53.7 Å². The normalized spacial score (nSPS) is 10.3. The molecule has 18 heavy (non-hydrogen) atoms. The standard InChI is InChI=1S/C13H13FN2O2/c1-16(7-9-4-5-18-8-9)13(17)11-3-2-10(14)6-12(11)15/h2-6,8H,7,15H2,1H3. The first-order valence-corrected chi connectivity index (χ1v) is 5.39. The largest absolute Gasteiger partial charge is 0.472 e. The number of benzene rings is 1. The Balaban J connectivity index is 2.15. The third-order valence-electron chi connectivity index (χ3n) is 2.59. The van der Waals surface area contributed by atoms with Crippen molar-refractivity contribution in [1.29, 1.82) is 0 Å². The van der Waals surface area contributed by atoms with E-state index in [4.69, 9.17) is 10.2 Å². The molecule has 2 rings (SSSR count). The number of nitrogen functional groups attached to an aromatic ring is 1. The van der Waals surface area contributed by atoms with E-state index in [9.17, 15) is 9.18 Å². The molecule has 4 nitrogen and oxygen atoms in total. The van der Waals surface area contributed by atoms with E-state index in [1.54, 1.807) is 25.6 Å². The zero-order valence-corrected chi connectivity index (χ0v) is 9.89. The second-order valence-electron chi connectivity index (χ2n) is 4.02. The lowest BCUT2D eigenvalue weighted by Crippen LogP contribution is -2.26. The van der Waals surface area contributed by atoms with E-state index in [0.29, 0.717) is 12.1 Å². The second kappa shape index (κ2) is 4.91. The fourth-order valence-electron chi connectivity index (χ4n) is 1.66. The van der Waals surface area contributed by atoms with Crippen molar-refractivity contribution in [2.45, 2.75) is 6.54 Å². The van der Waals surface area contributed by atoms with Gasteiger partial charge in [-0.25, -0.2) is 4.39 Å². The number of carbonyl (C=O) groups excluding carboxylic acids is 1. The summed E-state index contributed by atoms with van der Waals surface area (Å²) in [6, 6.07) is 5.52. The van der Waals surface area contributed by atoms with Crippen LogP contribution in [0.1, 0.15) is 15.9 Å². The van der Waals surface area contributed by atoms with Crippen LogP contribution in [0.2, 0.25) is 0 Å². The maximum Gasteiger partial charge on any atom is 0.255 e. The molecule has 1 aromatic heterocycles. The molecule has 0 aliphatic rings. The Kier molecular flexibility index (Phi) is 3.32. The van der Waals surface area contributed by atoms with Gasteiger partial charge < -0.3 is 15.1 Å². The van der Waals surface area contributed by atoms with Crippen LogP contribution < -0.4 is 5.73 Å². The van der Waals surface area contributed by atoms with E-state index in [0.717, 1.165) is 11.6 Å². The van der Waals surface area contributed by atoms with E-state index in [-0.39, 0.29) is 11.6 Å². The summed E-state index contributed by atoms with van der Waals surface area (Å²) < 4.78 is 17.8. The number of nitrogens with two attached hydrogens (primary N) is 1. The first-order chi connectivity index (χ1) is 8.58. The molecular weight excluding hydrogens is 235 g/mol. The molecule has 0 bridgehead atoms. The smallest absolute Gasteiger partial charge is 0.255 e. The molecule has 0 saturated carbocycles. The quantitative estimate of drug-likeness (QED) is 0.848. The lowest BCUT2D eigenvalue weighted by molar-refractivity contribution is 0.0786. The molecule has 0 fully saturated rings. The van der Waals surface area contributed by atoms with Crippen LogP contribution in [0.25, 0.3) is 0 Å². The average Bonchev–Trinajstić information content (AvgIpc) is 2.81. The van der Waals surface area contributed by atoms with Crippen LogP contribution in [0.15, 0.2) is 41.2 Å². The third-order valence-corrected chi connectivity index (χ3v) is 2.59. The Morgan fingerprint density at radius 1 is 1.44 bits per heavy atom. The van der Waals surface area contributed by atoms with Gasteiger partial charge in [0.15, 0.2) is 0 Å². The summed E-state index contributed by atoms with van der Waals surface area (Å²) >= 11 is 0. The van der Waals surface area contributed by atoms with E-state index in [1.165, 1.54) is 17.0 Å². The van der Waals surface area contributed by atoms with Gasteiger partial charge in [0.05, 0.1) is 18.1 Å². The number of hydrogen-bond acceptors (Lipinski definition) is 3. The van der Waals surface area contributed by atoms with Gasteiger partial charge in [0, 0.05) is 24.8 Å². The Hall–Kier alpha value is -2.30. The lowest BCUT2D eigenvalue weighted by atomic mass is 10.1. The second-order valence-corrected chi connectivity index (χ2v) is 4.02. The molecule has 2 N–H and O–H groups in total.